The van der Waals surface area contributed by atoms with Crippen LogP contribution in [0.15, 0.2) is 24.3 Å². The van der Waals surface area contributed by atoms with E-state index in [4.69, 9.17) is 0 Å². The highest BCUT2D eigenvalue weighted by Crippen LogP contribution is 2.40. The normalized spacial score (nSPS) is 26.0. The summed E-state index contributed by atoms with van der Waals surface area (Å²) in [6.07, 6.45) is 4.76. The Morgan fingerprint density at radius 3 is 2.80 bits per heavy atom. The van der Waals surface area contributed by atoms with E-state index >= 15 is 0 Å². The molecule has 1 saturated heterocycles. The molecule has 3 unspecified atom stereocenters. The van der Waals surface area contributed by atoms with Crippen LogP contribution in [0, 0.1) is 12.8 Å². The number of para-hydroxylation sites is 2. The summed E-state index contributed by atoms with van der Waals surface area (Å²) in [4.78, 5) is 31.0. The summed E-state index contributed by atoms with van der Waals surface area (Å²) in [5, 5.41) is 9.62. The lowest BCUT2D eigenvalue weighted by molar-refractivity contribution is -0.150. The number of carboxylic acids is 1. The molecule has 1 aromatic carbocycles. The average Bonchev–Trinajstić information content (AvgIpc) is 3.13. The second-order valence-corrected chi connectivity index (χ2v) is 7.24. The number of fused-ring (bicyclic) bond motifs is 2. The van der Waals surface area contributed by atoms with Crippen molar-refractivity contribution in [3.8, 4) is 0 Å². The number of carboxylic acid groups (broad SMARTS) is 1. The second kappa shape index (κ2) is 6.17. The molecule has 132 valence electrons. The third-order valence-corrected chi connectivity index (χ3v) is 5.80. The summed E-state index contributed by atoms with van der Waals surface area (Å²) in [6.45, 7) is 2.04. The van der Waals surface area contributed by atoms with Gasteiger partial charge in [0.15, 0.2) is 0 Å². The molecule has 2 aliphatic rings. The summed E-state index contributed by atoms with van der Waals surface area (Å²) in [5.41, 5.74) is 1.78. The number of likely N-dealkylation sites (tertiary alicyclic amines) is 1. The minimum atomic E-state index is -0.880. The van der Waals surface area contributed by atoms with Gasteiger partial charge in [-0.1, -0.05) is 25.0 Å². The number of carbonyl (C=O) groups excluding carboxylic acids is 1. The number of aliphatic carboxylic acids is 1. The molecule has 1 saturated carbocycles. The number of aryl methyl sites for hydroxylation is 1. The van der Waals surface area contributed by atoms with Gasteiger partial charge in [0.05, 0.1) is 11.0 Å². The van der Waals surface area contributed by atoms with Gasteiger partial charge >= 0.3 is 5.97 Å². The number of benzene rings is 1. The summed E-state index contributed by atoms with van der Waals surface area (Å²) in [6, 6.07) is 7.13. The van der Waals surface area contributed by atoms with E-state index in [9.17, 15) is 14.7 Å². The zero-order valence-electron chi connectivity index (χ0n) is 14.4. The molecule has 1 amide bonds. The highest BCUT2D eigenvalue weighted by Gasteiger charge is 2.47. The van der Waals surface area contributed by atoms with Gasteiger partial charge < -0.3 is 14.6 Å². The zero-order chi connectivity index (χ0) is 17.6. The fraction of sp³-hybridized carbons (Fsp3) is 0.526. The largest absolute Gasteiger partial charge is 0.480 e. The molecule has 0 bridgehead atoms. The fourth-order valence-electron chi connectivity index (χ4n) is 4.65. The lowest BCUT2D eigenvalue weighted by atomic mass is 9.85. The Morgan fingerprint density at radius 2 is 2.00 bits per heavy atom. The molecule has 2 aromatic rings. The van der Waals surface area contributed by atoms with E-state index < -0.39 is 12.0 Å². The molecule has 4 rings (SSSR count). The number of aromatic nitrogens is 2. The van der Waals surface area contributed by atoms with Crippen LogP contribution in [0.4, 0.5) is 0 Å². The first-order valence-electron chi connectivity index (χ1n) is 9.02. The minimum Gasteiger partial charge on any atom is -0.480 e. The molecule has 2 heterocycles. The summed E-state index contributed by atoms with van der Waals surface area (Å²) in [5.74, 6) is 0.128. The van der Waals surface area contributed by atoms with Gasteiger partial charge in [-0.15, -0.1) is 0 Å². The van der Waals surface area contributed by atoms with Crippen LogP contribution in [0.3, 0.4) is 0 Å². The quantitative estimate of drug-likeness (QED) is 0.931. The SMILES string of the molecule is Cc1nc2ccccc2n1CC(=O)N1C(C(=O)O)CC2CCCCC21. The summed E-state index contributed by atoms with van der Waals surface area (Å²) >= 11 is 0. The molecule has 0 spiro atoms. The van der Waals surface area contributed by atoms with Crippen molar-refractivity contribution in [2.45, 2.75) is 57.7 Å². The number of amides is 1. The third kappa shape index (κ3) is 2.69. The Hall–Kier alpha value is -2.37. The number of hydrogen-bond acceptors (Lipinski definition) is 3. The Balaban J connectivity index is 1.64. The number of hydrogen-bond donors (Lipinski definition) is 1. The van der Waals surface area contributed by atoms with Crippen LogP contribution < -0.4 is 0 Å². The van der Waals surface area contributed by atoms with Crippen LogP contribution in [0.2, 0.25) is 0 Å². The Bertz CT molecular complexity index is 828. The monoisotopic (exact) mass is 341 g/mol. The lowest BCUT2D eigenvalue weighted by Crippen LogP contribution is -2.47. The van der Waals surface area contributed by atoms with Gasteiger partial charge in [0.25, 0.3) is 0 Å². The molecule has 2 fully saturated rings. The fourth-order valence-corrected chi connectivity index (χ4v) is 4.65. The maximum atomic E-state index is 13.1. The number of nitrogens with zero attached hydrogens (tertiary/aromatic N) is 3. The predicted molar refractivity (Wildman–Crippen MR) is 93.1 cm³/mol. The molecule has 0 radical (unpaired) electrons. The third-order valence-electron chi connectivity index (χ3n) is 5.80. The molecule has 25 heavy (non-hydrogen) atoms. The Morgan fingerprint density at radius 1 is 1.24 bits per heavy atom. The number of rotatable bonds is 3. The number of carbonyl (C=O) groups is 2. The van der Waals surface area contributed by atoms with Crippen LogP contribution in [0.5, 0.6) is 0 Å². The van der Waals surface area contributed by atoms with Gasteiger partial charge in [-0.3, -0.25) is 4.79 Å². The van der Waals surface area contributed by atoms with Crippen LogP contribution in [0.1, 0.15) is 37.9 Å². The topological polar surface area (TPSA) is 75.4 Å². The summed E-state index contributed by atoms with van der Waals surface area (Å²) in [7, 11) is 0. The van der Waals surface area contributed by atoms with Crippen molar-refractivity contribution in [2.24, 2.45) is 5.92 Å². The standard InChI is InChI=1S/C19H23N3O3/c1-12-20-14-7-3-5-9-16(14)21(12)11-18(23)22-15-8-4-2-6-13(15)10-17(22)19(24)25/h3,5,7,9,13,15,17H,2,4,6,8,10-11H2,1H3,(H,24,25). The van der Waals surface area contributed by atoms with Gasteiger partial charge in [-0.25, -0.2) is 9.78 Å². The van der Waals surface area contributed by atoms with E-state index in [2.05, 4.69) is 4.98 Å². The molecular weight excluding hydrogens is 318 g/mol. The van der Waals surface area contributed by atoms with E-state index in [0.29, 0.717) is 12.3 Å². The van der Waals surface area contributed by atoms with Gasteiger partial charge in [0.2, 0.25) is 5.91 Å². The highest BCUT2D eigenvalue weighted by molar-refractivity contribution is 5.86. The molecule has 6 nitrogen and oxygen atoms in total. The van der Waals surface area contributed by atoms with Crippen LogP contribution >= 0.6 is 0 Å². The van der Waals surface area contributed by atoms with Crippen LogP contribution in [-0.4, -0.2) is 43.5 Å². The van der Waals surface area contributed by atoms with Crippen molar-refractivity contribution >= 4 is 22.9 Å². The van der Waals surface area contributed by atoms with Crippen LogP contribution in [-0.2, 0) is 16.1 Å². The van der Waals surface area contributed by atoms with Gasteiger partial charge in [-0.2, -0.15) is 0 Å². The lowest BCUT2D eigenvalue weighted by Gasteiger charge is -2.33. The average molecular weight is 341 g/mol. The van der Waals surface area contributed by atoms with E-state index in [1.807, 2.05) is 35.8 Å². The van der Waals surface area contributed by atoms with Gasteiger partial charge in [0, 0.05) is 6.04 Å². The zero-order valence-corrected chi connectivity index (χ0v) is 14.4. The molecule has 3 atom stereocenters. The second-order valence-electron chi connectivity index (χ2n) is 7.24. The van der Waals surface area contributed by atoms with E-state index in [1.165, 1.54) is 0 Å². The van der Waals surface area contributed by atoms with Crippen LogP contribution in [0.25, 0.3) is 11.0 Å². The van der Waals surface area contributed by atoms with Crippen molar-refractivity contribution in [1.82, 2.24) is 14.5 Å². The van der Waals surface area contributed by atoms with Crippen molar-refractivity contribution in [3.05, 3.63) is 30.1 Å². The Kier molecular flexibility index (Phi) is 3.98. The van der Waals surface area contributed by atoms with E-state index in [0.717, 1.165) is 42.5 Å². The van der Waals surface area contributed by atoms with Crippen molar-refractivity contribution in [2.75, 3.05) is 0 Å². The maximum Gasteiger partial charge on any atom is 0.326 e. The number of imidazole rings is 1. The summed E-state index contributed by atoms with van der Waals surface area (Å²) < 4.78 is 1.90. The van der Waals surface area contributed by atoms with E-state index in [1.54, 1.807) is 4.90 Å². The Labute approximate surface area is 146 Å². The predicted octanol–water partition coefficient (Wildman–Crippen LogP) is 2.59. The smallest absolute Gasteiger partial charge is 0.326 e. The highest BCUT2D eigenvalue weighted by atomic mass is 16.4. The molecule has 1 aromatic heterocycles. The van der Waals surface area contributed by atoms with Crippen molar-refractivity contribution < 1.29 is 14.7 Å². The van der Waals surface area contributed by atoms with Crippen molar-refractivity contribution in [3.63, 3.8) is 0 Å². The first-order chi connectivity index (χ1) is 12.1. The first-order valence-corrected chi connectivity index (χ1v) is 9.02. The van der Waals surface area contributed by atoms with Gasteiger partial charge in [0.1, 0.15) is 18.4 Å². The first kappa shape index (κ1) is 16.1. The van der Waals surface area contributed by atoms with Gasteiger partial charge in [-0.05, 0) is 44.2 Å². The molecular formula is C19H23N3O3. The minimum absolute atomic E-state index is 0.0810. The van der Waals surface area contributed by atoms with Crippen molar-refractivity contribution in [1.29, 1.82) is 0 Å². The molecule has 1 aliphatic heterocycles. The van der Waals surface area contributed by atoms with E-state index in [-0.39, 0.29) is 18.5 Å². The molecule has 1 aliphatic carbocycles. The maximum absolute atomic E-state index is 13.1. The molecule has 1 N–H and O–H groups in total. The molecule has 6 heteroatoms.